The minimum Gasteiger partial charge on any atom is -0.460 e. The van der Waals surface area contributed by atoms with Crippen LogP contribution in [0.1, 0.15) is 17.0 Å². The number of hydrogen-bond donors (Lipinski definition) is 0. The first-order chi connectivity index (χ1) is 11.6. The minimum absolute atomic E-state index is 0.0587. The number of halogens is 1. The quantitative estimate of drug-likeness (QED) is 0.518. The third-order valence-electron chi connectivity index (χ3n) is 3.41. The number of aryl methyl sites for hydroxylation is 1. The van der Waals surface area contributed by atoms with Gasteiger partial charge >= 0.3 is 5.97 Å². The molecule has 0 spiro atoms. The van der Waals surface area contributed by atoms with Gasteiger partial charge in [-0.15, -0.1) is 0 Å². The molecule has 0 aliphatic heterocycles. The third-order valence-corrected chi connectivity index (χ3v) is 3.64. The molecule has 0 aliphatic carbocycles. The van der Waals surface area contributed by atoms with Crippen LogP contribution < -0.4 is 0 Å². The molecule has 0 atom stereocenters. The van der Waals surface area contributed by atoms with E-state index in [9.17, 15) is 4.79 Å². The maximum atomic E-state index is 12.0. The summed E-state index contributed by atoms with van der Waals surface area (Å²) in [5, 5.41) is 0.400. The molecule has 0 radical (unpaired) electrons. The van der Waals surface area contributed by atoms with E-state index in [-0.39, 0.29) is 19.0 Å². The van der Waals surface area contributed by atoms with E-state index in [1.54, 1.807) is 25.3 Å². The summed E-state index contributed by atoms with van der Waals surface area (Å²) in [5.41, 5.74) is 2.22. The molecule has 0 N–H and O–H groups in total. The Bertz CT molecular complexity index is 829. The standard InChI is InChI=1S/C18H15ClN2O3/c1-12-15(21-18(24-12)14-5-3-2-4-6-14)9-17(22)23-11-13-7-8-16(19)20-10-13/h2-8,10H,9,11H2,1H3. The molecule has 0 bridgehead atoms. The molecule has 3 rings (SSSR count). The van der Waals surface area contributed by atoms with Crippen molar-refractivity contribution in [1.29, 1.82) is 0 Å². The van der Waals surface area contributed by atoms with Crippen LogP contribution in [0.15, 0.2) is 53.1 Å². The van der Waals surface area contributed by atoms with Crippen LogP contribution in [0.4, 0.5) is 0 Å². The van der Waals surface area contributed by atoms with Gasteiger partial charge in [0.25, 0.3) is 0 Å². The second-order valence-corrected chi connectivity index (χ2v) is 5.60. The van der Waals surface area contributed by atoms with E-state index in [0.717, 1.165) is 11.1 Å². The molecular weight excluding hydrogens is 328 g/mol. The van der Waals surface area contributed by atoms with E-state index in [0.29, 0.717) is 22.5 Å². The Balaban J connectivity index is 1.62. The Morgan fingerprint density at radius 3 is 2.71 bits per heavy atom. The van der Waals surface area contributed by atoms with E-state index in [2.05, 4.69) is 9.97 Å². The van der Waals surface area contributed by atoms with Crippen molar-refractivity contribution in [2.75, 3.05) is 0 Å². The van der Waals surface area contributed by atoms with E-state index < -0.39 is 0 Å². The largest absolute Gasteiger partial charge is 0.460 e. The summed E-state index contributed by atoms with van der Waals surface area (Å²) >= 11 is 5.71. The highest BCUT2D eigenvalue weighted by molar-refractivity contribution is 6.29. The van der Waals surface area contributed by atoms with Crippen molar-refractivity contribution < 1.29 is 13.9 Å². The first-order valence-corrected chi connectivity index (χ1v) is 7.77. The first-order valence-electron chi connectivity index (χ1n) is 7.39. The Kier molecular flexibility index (Phi) is 4.91. The summed E-state index contributed by atoms with van der Waals surface area (Å²) in [7, 11) is 0. The van der Waals surface area contributed by atoms with Crippen molar-refractivity contribution in [2.45, 2.75) is 20.0 Å². The van der Waals surface area contributed by atoms with Gasteiger partial charge in [-0.3, -0.25) is 4.79 Å². The van der Waals surface area contributed by atoms with Crippen LogP contribution >= 0.6 is 11.6 Å². The highest BCUT2D eigenvalue weighted by atomic mass is 35.5. The molecule has 0 fully saturated rings. The van der Waals surface area contributed by atoms with E-state index in [1.165, 1.54) is 0 Å². The van der Waals surface area contributed by atoms with Gasteiger partial charge in [-0.25, -0.2) is 9.97 Å². The summed E-state index contributed by atoms with van der Waals surface area (Å²) in [6.45, 7) is 1.93. The van der Waals surface area contributed by atoms with E-state index in [1.807, 2.05) is 30.3 Å². The first kappa shape index (κ1) is 16.2. The highest BCUT2D eigenvalue weighted by Gasteiger charge is 2.15. The normalized spacial score (nSPS) is 10.6. The van der Waals surface area contributed by atoms with Crippen molar-refractivity contribution in [3.63, 3.8) is 0 Å². The highest BCUT2D eigenvalue weighted by Crippen LogP contribution is 2.21. The van der Waals surface area contributed by atoms with Crippen LogP contribution in [-0.4, -0.2) is 15.9 Å². The molecule has 0 saturated heterocycles. The molecule has 24 heavy (non-hydrogen) atoms. The number of carbonyl (C=O) groups excluding carboxylic acids is 1. The number of aromatic nitrogens is 2. The lowest BCUT2D eigenvalue weighted by Gasteiger charge is -2.03. The van der Waals surface area contributed by atoms with Crippen molar-refractivity contribution in [3.05, 3.63) is 70.8 Å². The van der Waals surface area contributed by atoms with Crippen molar-refractivity contribution in [1.82, 2.24) is 9.97 Å². The smallest absolute Gasteiger partial charge is 0.312 e. The molecular formula is C18H15ClN2O3. The van der Waals surface area contributed by atoms with Crippen LogP contribution in [0.5, 0.6) is 0 Å². The number of pyridine rings is 1. The van der Waals surface area contributed by atoms with Gasteiger partial charge < -0.3 is 9.15 Å². The predicted octanol–water partition coefficient (Wildman–Crippen LogP) is 3.98. The molecule has 0 amide bonds. The number of hydrogen-bond acceptors (Lipinski definition) is 5. The Hall–Kier alpha value is -2.66. The zero-order chi connectivity index (χ0) is 16.9. The lowest BCUT2D eigenvalue weighted by molar-refractivity contribution is -0.144. The van der Waals surface area contributed by atoms with Gasteiger partial charge in [-0.2, -0.15) is 0 Å². The monoisotopic (exact) mass is 342 g/mol. The maximum Gasteiger partial charge on any atom is 0.312 e. The molecule has 0 aliphatic rings. The van der Waals surface area contributed by atoms with Crippen molar-refractivity contribution >= 4 is 17.6 Å². The number of oxazole rings is 1. The number of esters is 1. The third kappa shape index (κ3) is 4.00. The molecule has 6 heteroatoms. The SMILES string of the molecule is Cc1oc(-c2ccccc2)nc1CC(=O)OCc1ccc(Cl)nc1. The number of ether oxygens (including phenoxy) is 1. The molecule has 122 valence electrons. The van der Waals surface area contributed by atoms with Gasteiger partial charge in [0.2, 0.25) is 5.89 Å². The number of benzene rings is 1. The van der Waals surface area contributed by atoms with Crippen LogP contribution in [0.25, 0.3) is 11.5 Å². The predicted molar refractivity (Wildman–Crippen MR) is 89.4 cm³/mol. The lowest BCUT2D eigenvalue weighted by Crippen LogP contribution is -2.09. The van der Waals surface area contributed by atoms with Gasteiger partial charge in [0.15, 0.2) is 0 Å². The summed E-state index contributed by atoms with van der Waals surface area (Å²) < 4.78 is 10.9. The van der Waals surface area contributed by atoms with E-state index in [4.69, 9.17) is 20.8 Å². The molecule has 2 aromatic heterocycles. The zero-order valence-corrected chi connectivity index (χ0v) is 13.8. The number of nitrogens with zero attached hydrogens (tertiary/aromatic N) is 2. The van der Waals surface area contributed by atoms with Gasteiger partial charge in [-0.05, 0) is 25.1 Å². The fourth-order valence-electron chi connectivity index (χ4n) is 2.14. The summed E-state index contributed by atoms with van der Waals surface area (Å²) in [6, 6.07) is 13.0. The minimum atomic E-state index is -0.374. The molecule has 0 unspecified atom stereocenters. The van der Waals surface area contributed by atoms with Gasteiger partial charge in [0.05, 0.1) is 12.1 Å². The Morgan fingerprint density at radius 1 is 1.21 bits per heavy atom. The second kappa shape index (κ2) is 7.27. The Labute approximate surface area is 144 Å². The summed E-state index contributed by atoms with van der Waals surface area (Å²) in [5.74, 6) is 0.734. The van der Waals surface area contributed by atoms with Crippen LogP contribution in [0.2, 0.25) is 5.15 Å². The van der Waals surface area contributed by atoms with Crippen molar-refractivity contribution in [2.24, 2.45) is 0 Å². The van der Waals surface area contributed by atoms with Gasteiger partial charge in [0, 0.05) is 17.3 Å². The summed E-state index contributed by atoms with van der Waals surface area (Å²) in [4.78, 5) is 20.3. The second-order valence-electron chi connectivity index (χ2n) is 5.21. The number of rotatable bonds is 5. The van der Waals surface area contributed by atoms with Gasteiger partial charge in [-0.1, -0.05) is 35.9 Å². The summed E-state index contributed by atoms with van der Waals surface area (Å²) in [6.07, 6.45) is 1.63. The fraction of sp³-hybridized carbons (Fsp3) is 0.167. The molecule has 5 nitrogen and oxygen atoms in total. The molecule has 2 heterocycles. The van der Waals surface area contributed by atoms with Crippen LogP contribution in [0, 0.1) is 6.92 Å². The molecule has 0 saturated carbocycles. The zero-order valence-electron chi connectivity index (χ0n) is 13.0. The topological polar surface area (TPSA) is 65.2 Å². The average molecular weight is 343 g/mol. The van der Waals surface area contributed by atoms with Crippen LogP contribution in [0.3, 0.4) is 0 Å². The number of carbonyl (C=O) groups is 1. The average Bonchev–Trinajstić information content (AvgIpc) is 2.96. The van der Waals surface area contributed by atoms with Gasteiger partial charge in [0.1, 0.15) is 17.5 Å². The van der Waals surface area contributed by atoms with Crippen molar-refractivity contribution in [3.8, 4) is 11.5 Å². The van der Waals surface area contributed by atoms with E-state index >= 15 is 0 Å². The fourth-order valence-corrected chi connectivity index (χ4v) is 2.25. The van der Waals surface area contributed by atoms with Crippen LogP contribution in [-0.2, 0) is 22.6 Å². The maximum absolute atomic E-state index is 12.0. The lowest BCUT2D eigenvalue weighted by atomic mass is 10.2. The molecule has 3 aromatic rings. The Morgan fingerprint density at radius 2 is 2.00 bits per heavy atom. The molecule has 1 aromatic carbocycles.